The molecule has 1 saturated heterocycles. The van der Waals surface area contributed by atoms with Gasteiger partial charge in [-0.15, -0.1) is 0 Å². The summed E-state index contributed by atoms with van der Waals surface area (Å²) in [5.74, 6) is 1.27. The van der Waals surface area contributed by atoms with Crippen molar-refractivity contribution < 1.29 is 14.2 Å². The molecule has 0 amide bonds. The van der Waals surface area contributed by atoms with Crippen molar-refractivity contribution in [2.45, 2.75) is 6.92 Å². The smallest absolute Gasteiger partial charge is 0.162 e. The largest absolute Gasteiger partial charge is 0.493 e. The molecule has 26 heavy (non-hydrogen) atoms. The molecule has 1 fully saturated rings. The van der Waals surface area contributed by atoms with Crippen LogP contribution in [-0.2, 0) is 4.74 Å². The Bertz CT molecular complexity index is 756. The molecule has 0 saturated carbocycles. The summed E-state index contributed by atoms with van der Waals surface area (Å²) >= 11 is 6.33. The molecule has 1 aliphatic rings. The molecule has 3 rings (SSSR count). The van der Waals surface area contributed by atoms with Gasteiger partial charge in [0.15, 0.2) is 11.5 Å². The Hall–Kier alpha value is -2.24. The van der Waals surface area contributed by atoms with E-state index in [1.165, 1.54) is 5.69 Å². The maximum absolute atomic E-state index is 6.33. The van der Waals surface area contributed by atoms with E-state index in [1.54, 1.807) is 19.4 Å². The first-order valence-corrected chi connectivity index (χ1v) is 9.06. The van der Waals surface area contributed by atoms with Gasteiger partial charge in [-0.05, 0) is 37.3 Å². The molecule has 0 aliphatic carbocycles. The number of aliphatic imine (C=N–C) groups is 1. The maximum atomic E-state index is 6.33. The van der Waals surface area contributed by atoms with E-state index in [4.69, 9.17) is 25.8 Å². The second kappa shape index (κ2) is 8.92. The Balaban J connectivity index is 1.75. The Morgan fingerprint density at radius 1 is 1.15 bits per heavy atom. The Labute approximate surface area is 159 Å². The van der Waals surface area contributed by atoms with Crippen molar-refractivity contribution in [1.29, 1.82) is 0 Å². The zero-order chi connectivity index (χ0) is 18.4. The molecule has 0 N–H and O–H groups in total. The minimum Gasteiger partial charge on any atom is -0.493 e. The summed E-state index contributed by atoms with van der Waals surface area (Å²) in [4.78, 5) is 6.84. The van der Waals surface area contributed by atoms with Crippen molar-refractivity contribution >= 4 is 29.2 Å². The number of hydrogen-bond donors (Lipinski definition) is 0. The van der Waals surface area contributed by atoms with Crippen LogP contribution in [0.4, 0.5) is 11.4 Å². The molecule has 2 aromatic carbocycles. The van der Waals surface area contributed by atoms with E-state index in [0.717, 1.165) is 37.6 Å². The number of methoxy groups -OCH3 is 1. The van der Waals surface area contributed by atoms with Gasteiger partial charge in [-0.25, -0.2) is 0 Å². The molecule has 0 radical (unpaired) electrons. The number of halogens is 1. The van der Waals surface area contributed by atoms with Crippen molar-refractivity contribution in [2.75, 3.05) is 44.9 Å². The first-order chi connectivity index (χ1) is 12.7. The van der Waals surface area contributed by atoms with Crippen LogP contribution in [0.1, 0.15) is 12.5 Å². The van der Waals surface area contributed by atoms with E-state index in [1.807, 2.05) is 25.1 Å². The Kier molecular flexibility index (Phi) is 6.36. The van der Waals surface area contributed by atoms with Gasteiger partial charge in [0.2, 0.25) is 0 Å². The highest BCUT2D eigenvalue weighted by Crippen LogP contribution is 2.33. The molecular weight excluding hydrogens is 352 g/mol. The van der Waals surface area contributed by atoms with Gasteiger partial charge in [-0.2, -0.15) is 0 Å². The van der Waals surface area contributed by atoms with E-state index in [-0.39, 0.29) is 0 Å². The molecule has 1 aliphatic heterocycles. The number of benzene rings is 2. The van der Waals surface area contributed by atoms with Crippen molar-refractivity contribution in [1.82, 2.24) is 0 Å². The third-order valence-electron chi connectivity index (χ3n) is 4.16. The quantitative estimate of drug-likeness (QED) is 0.706. The molecule has 2 aromatic rings. The first-order valence-electron chi connectivity index (χ1n) is 8.68. The zero-order valence-electron chi connectivity index (χ0n) is 15.1. The molecule has 0 unspecified atom stereocenters. The fourth-order valence-corrected chi connectivity index (χ4v) is 3.00. The van der Waals surface area contributed by atoms with Gasteiger partial charge in [0.1, 0.15) is 0 Å². The van der Waals surface area contributed by atoms with E-state index < -0.39 is 0 Å². The number of nitrogens with zero attached hydrogens (tertiary/aromatic N) is 2. The van der Waals surface area contributed by atoms with Crippen LogP contribution < -0.4 is 14.4 Å². The molecule has 0 bridgehead atoms. The van der Waals surface area contributed by atoms with Crippen molar-refractivity contribution in [3.05, 3.63) is 47.0 Å². The molecule has 1 heterocycles. The lowest BCUT2D eigenvalue weighted by atomic mass is 10.2. The second-order valence-corrected chi connectivity index (χ2v) is 6.24. The topological polar surface area (TPSA) is 43.3 Å². The normalized spacial score (nSPS) is 14.7. The lowest BCUT2D eigenvalue weighted by Crippen LogP contribution is -2.36. The first kappa shape index (κ1) is 18.5. The minimum absolute atomic E-state index is 0.553. The van der Waals surface area contributed by atoms with Gasteiger partial charge in [0.05, 0.1) is 37.6 Å². The maximum Gasteiger partial charge on any atom is 0.162 e. The van der Waals surface area contributed by atoms with Crippen LogP contribution >= 0.6 is 11.6 Å². The lowest BCUT2D eigenvalue weighted by molar-refractivity contribution is 0.122. The van der Waals surface area contributed by atoms with Gasteiger partial charge in [-0.1, -0.05) is 11.6 Å². The lowest BCUT2D eigenvalue weighted by Gasteiger charge is -2.28. The van der Waals surface area contributed by atoms with E-state index >= 15 is 0 Å². The van der Waals surface area contributed by atoms with Crippen LogP contribution in [0.25, 0.3) is 0 Å². The zero-order valence-corrected chi connectivity index (χ0v) is 15.8. The summed E-state index contributed by atoms with van der Waals surface area (Å²) in [5, 5.41) is 0.569. The van der Waals surface area contributed by atoms with Gasteiger partial charge in [0.25, 0.3) is 0 Å². The average molecular weight is 375 g/mol. The monoisotopic (exact) mass is 374 g/mol. The fraction of sp³-hybridized carbons (Fsp3) is 0.350. The summed E-state index contributed by atoms with van der Waals surface area (Å²) in [7, 11) is 1.60. The van der Waals surface area contributed by atoms with Gasteiger partial charge in [-0.3, -0.25) is 4.99 Å². The highest BCUT2D eigenvalue weighted by atomic mass is 35.5. The van der Waals surface area contributed by atoms with Crippen LogP contribution in [0.3, 0.4) is 0 Å². The SMILES string of the molecule is CCOc1cc(C=Nc2ccc(N3CCOCC3)cc2)c(Cl)cc1OC. The second-order valence-electron chi connectivity index (χ2n) is 5.83. The number of rotatable bonds is 6. The van der Waals surface area contributed by atoms with Gasteiger partial charge >= 0.3 is 0 Å². The van der Waals surface area contributed by atoms with Gasteiger partial charge < -0.3 is 19.1 Å². The third-order valence-corrected chi connectivity index (χ3v) is 4.49. The van der Waals surface area contributed by atoms with Crippen LogP contribution in [0.5, 0.6) is 11.5 Å². The Morgan fingerprint density at radius 2 is 1.88 bits per heavy atom. The number of ether oxygens (including phenoxy) is 3. The highest BCUT2D eigenvalue weighted by Gasteiger charge is 2.11. The number of hydrogen-bond acceptors (Lipinski definition) is 5. The Morgan fingerprint density at radius 3 is 2.54 bits per heavy atom. The third kappa shape index (κ3) is 4.48. The minimum atomic E-state index is 0.553. The van der Waals surface area contributed by atoms with Crippen LogP contribution in [0, 0.1) is 0 Å². The van der Waals surface area contributed by atoms with Crippen LogP contribution in [-0.4, -0.2) is 46.2 Å². The van der Waals surface area contributed by atoms with Crippen molar-refractivity contribution in [3.63, 3.8) is 0 Å². The fourth-order valence-electron chi connectivity index (χ4n) is 2.79. The van der Waals surface area contributed by atoms with Crippen molar-refractivity contribution in [3.8, 4) is 11.5 Å². The van der Waals surface area contributed by atoms with Crippen LogP contribution in [0.2, 0.25) is 5.02 Å². The standard InChI is InChI=1S/C20H23ClN2O3/c1-3-26-20-12-15(18(21)13-19(20)24-2)14-22-16-4-6-17(7-5-16)23-8-10-25-11-9-23/h4-7,12-14H,3,8-11H2,1-2H3. The summed E-state index contributed by atoms with van der Waals surface area (Å²) in [6.07, 6.45) is 1.74. The summed E-state index contributed by atoms with van der Waals surface area (Å²) in [6.45, 7) is 5.88. The molecule has 5 nitrogen and oxygen atoms in total. The summed E-state index contributed by atoms with van der Waals surface area (Å²) in [5.41, 5.74) is 2.84. The van der Waals surface area contributed by atoms with E-state index in [0.29, 0.717) is 23.1 Å². The molecule has 0 aromatic heterocycles. The predicted octanol–water partition coefficient (Wildman–Crippen LogP) is 4.33. The van der Waals surface area contributed by atoms with E-state index in [2.05, 4.69) is 22.0 Å². The van der Waals surface area contributed by atoms with Crippen molar-refractivity contribution in [2.24, 2.45) is 4.99 Å². The summed E-state index contributed by atoms with van der Waals surface area (Å²) in [6, 6.07) is 11.8. The van der Waals surface area contributed by atoms with E-state index in [9.17, 15) is 0 Å². The van der Waals surface area contributed by atoms with Gasteiger partial charge in [0, 0.05) is 36.6 Å². The van der Waals surface area contributed by atoms with Crippen LogP contribution in [0.15, 0.2) is 41.4 Å². The number of anilines is 1. The molecule has 0 spiro atoms. The summed E-state index contributed by atoms with van der Waals surface area (Å²) < 4.78 is 16.3. The average Bonchev–Trinajstić information content (AvgIpc) is 2.69. The number of morpholine rings is 1. The predicted molar refractivity (Wildman–Crippen MR) is 106 cm³/mol. The highest BCUT2D eigenvalue weighted by molar-refractivity contribution is 6.33. The molecule has 0 atom stereocenters. The molecule has 138 valence electrons. The molecular formula is C20H23ClN2O3. The molecule has 6 heteroatoms.